The van der Waals surface area contributed by atoms with Gasteiger partial charge >= 0.3 is 5.97 Å². The Morgan fingerprint density at radius 2 is 2.10 bits per heavy atom. The van der Waals surface area contributed by atoms with E-state index in [0.29, 0.717) is 0 Å². The summed E-state index contributed by atoms with van der Waals surface area (Å²) in [7, 11) is -2.63. The molecule has 9 heteroatoms. The van der Waals surface area contributed by atoms with Crippen LogP contribution < -0.4 is 4.72 Å². The lowest BCUT2D eigenvalue weighted by Gasteiger charge is -2.12. The summed E-state index contributed by atoms with van der Waals surface area (Å²) in [6.45, 7) is -0.321. The first kappa shape index (κ1) is 16.4. The number of benzene rings is 1. The average Bonchev–Trinajstić information content (AvgIpc) is 2.37. The minimum atomic E-state index is -3.99. The molecule has 20 heavy (non-hydrogen) atoms. The molecule has 0 amide bonds. The summed E-state index contributed by atoms with van der Waals surface area (Å²) in [5, 5.41) is 27.5. The van der Waals surface area contributed by atoms with Crippen molar-refractivity contribution in [2.24, 2.45) is 0 Å². The molecule has 1 unspecified atom stereocenters. The number of carbonyl (C=O) groups is 1. The van der Waals surface area contributed by atoms with Crippen molar-refractivity contribution in [2.75, 3.05) is 20.3 Å². The Bertz CT molecular complexity index is 584. The highest BCUT2D eigenvalue weighted by Gasteiger charge is 2.19. The van der Waals surface area contributed by atoms with E-state index in [1.54, 1.807) is 0 Å². The lowest BCUT2D eigenvalue weighted by molar-refractivity contribution is 0.0678. The van der Waals surface area contributed by atoms with Crippen LogP contribution in [0.2, 0.25) is 0 Å². The van der Waals surface area contributed by atoms with E-state index in [9.17, 15) is 23.4 Å². The van der Waals surface area contributed by atoms with Crippen molar-refractivity contribution in [1.82, 2.24) is 4.72 Å². The van der Waals surface area contributed by atoms with Gasteiger partial charge in [0.15, 0.2) is 0 Å². The van der Waals surface area contributed by atoms with Crippen molar-refractivity contribution < 1.29 is 33.3 Å². The van der Waals surface area contributed by atoms with Gasteiger partial charge in [-0.25, -0.2) is 17.9 Å². The van der Waals surface area contributed by atoms with Crippen molar-refractivity contribution in [3.05, 3.63) is 23.8 Å². The summed E-state index contributed by atoms with van der Waals surface area (Å²) in [5.41, 5.74) is -0.523. The monoisotopic (exact) mass is 305 g/mol. The normalized spacial score (nSPS) is 13.1. The van der Waals surface area contributed by atoms with Gasteiger partial charge in [0.1, 0.15) is 11.3 Å². The molecule has 1 rings (SSSR count). The Kier molecular flexibility index (Phi) is 5.45. The van der Waals surface area contributed by atoms with Gasteiger partial charge in [0.25, 0.3) is 0 Å². The maximum absolute atomic E-state index is 11.9. The predicted molar refractivity (Wildman–Crippen MR) is 68.1 cm³/mol. The minimum Gasteiger partial charge on any atom is -0.507 e. The van der Waals surface area contributed by atoms with Crippen LogP contribution in [0.4, 0.5) is 0 Å². The maximum Gasteiger partial charge on any atom is 0.339 e. The molecule has 0 aliphatic rings. The molecule has 0 aliphatic heterocycles. The molecule has 0 spiro atoms. The highest BCUT2D eigenvalue weighted by molar-refractivity contribution is 7.89. The second kappa shape index (κ2) is 6.66. The molecule has 0 heterocycles. The number of hydrogen-bond donors (Lipinski definition) is 4. The molecule has 4 N–H and O–H groups in total. The quantitative estimate of drug-likeness (QED) is 0.527. The second-order valence-electron chi connectivity index (χ2n) is 3.95. The topological polar surface area (TPSA) is 133 Å². The second-order valence-corrected chi connectivity index (χ2v) is 5.71. The first-order valence-electron chi connectivity index (χ1n) is 5.51. The number of rotatable bonds is 7. The van der Waals surface area contributed by atoms with Crippen LogP contribution in [0.1, 0.15) is 10.4 Å². The highest BCUT2D eigenvalue weighted by atomic mass is 32.2. The van der Waals surface area contributed by atoms with Crippen molar-refractivity contribution >= 4 is 16.0 Å². The van der Waals surface area contributed by atoms with Crippen LogP contribution in [0.5, 0.6) is 5.75 Å². The van der Waals surface area contributed by atoms with Crippen LogP contribution in [-0.2, 0) is 14.8 Å². The van der Waals surface area contributed by atoms with Gasteiger partial charge in [-0.2, -0.15) is 0 Å². The number of aromatic carboxylic acids is 1. The molecule has 0 bridgehead atoms. The van der Waals surface area contributed by atoms with Crippen LogP contribution >= 0.6 is 0 Å². The Morgan fingerprint density at radius 1 is 1.45 bits per heavy atom. The summed E-state index contributed by atoms with van der Waals surface area (Å²) >= 11 is 0. The molecule has 0 saturated heterocycles. The zero-order chi connectivity index (χ0) is 15.3. The Morgan fingerprint density at radius 3 is 2.65 bits per heavy atom. The molecule has 8 nitrogen and oxygen atoms in total. The molecular formula is C11H15NO7S. The van der Waals surface area contributed by atoms with Gasteiger partial charge in [-0.05, 0) is 18.2 Å². The zero-order valence-corrected chi connectivity index (χ0v) is 11.4. The molecule has 1 atom stereocenters. The van der Waals surface area contributed by atoms with Gasteiger partial charge in [0.05, 0.1) is 17.6 Å². The van der Waals surface area contributed by atoms with Crippen LogP contribution in [-0.4, -0.2) is 56.1 Å². The molecule has 0 radical (unpaired) electrons. The first-order chi connectivity index (χ1) is 9.27. The van der Waals surface area contributed by atoms with Crippen molar-refractivity contribution in [3.63, 3.8) is 0 Å². The fourth-order valence-electron chi connectivity index (χ4n) is 1.39. The lowest BCUT2D eigenvalue weighted by Crippen LogP contribution is -2.34. The Labute approximate surface area is 115 Å². The van der Waals surface area contributed by atoms with E-state index in [-0.39, 0.29) is 18.0 Å². The molecule has 1 aromatic carbocycles. The minimum absolute atomic E-state index is 0.0432. The molecule has 0 aliphatic carbocycles. The number of aromatic hydroxyl groups is 1. The Balaban J connectivity index is 2.93. The maximum atomic E-state index is 11.9. The van der Waals surface area contributed by atoms with E-state index in [4.69, 9.17) is 5.11 Å². The van der Waals surface area contributed by atoms with Gasteiger partial charge in [0.2, 0.25) is 10.0 Å². The van der Waals surface area contributed by atoms with Crippen LogP contribution in [0, 0.1) is 0 Å². The standard InChI is InChI=1S/C11H15NO7S/c1-19-6-7(13)5-12-20(17,18)8-2-3-10(14)9(4-8)11(15)16/h2-4,7,12-14H,5-6H2,1H3,(H,15,16). The van der Waals surface area contributed by atoms with Crippen LogP contribution in [0.25, 0.3) is 0 Å². The highest BCUT2D eigenvalue weighted by Crippen LogP contribution is 2.21. The third-order valence-corrected chi connectivity index (χ3v) is 3.80. The van der Waals surface area contributed by atoms with E-state index in [1.165, 1.54) is 7.11 Å². The zero-order valence-electron chi connectivity index (χ0n) is 10.6. The number of carboxylic acid groups (broad SMARTS) is 1. The number of aliphatic hydroxyl groups excluding tert-OH is 1. The number of hydrogen-bond acceptors (Lipinski definition) is 6. The number of ether oxygens (including phenoxy) is 1. The van der Waals surface area contributed by atoms with Gasteiger partial charge in [-0.1, -0.05) is 0 Å². The molecule has 0 fully saturated rings. The van der Waals surface area contributed by atoms with Gasteiger partial charge in [-0.3, -0.25) is 0 Å². The fraction of sp³-hybridized carbons (Fsp3) is 0.364. The summed E-state index contributed by atoms with van der Waals surface area (Å²) in [5.74, 6) is -1.98. The molecule has 112 valence electrons. The van der Waals surface area contributed by atoms with Crippen molar-refractivity contribution in [1.29, 1.82) is 0 Å². The SMILES string of the molecule is COCC(O)CNS(=O)(=O)c1ccc(O)c(C(=O)O)c1. The van der Waals surface area contributed by atoms with Crippen LogP contribution in [0.3, 0.4) is 0 Å². The van der Waals surface area contributed by atoms with Gasteiger partial charge < -0.3 is 20.1 Å². The van der Waals surface area contributed by atoms with Crippen molar-refractivity contribution in [3.8, 4) is 5.75 Å². The first-order valence-corrected chi connectivity index (χ1v) is 6.99. The van der Waals surface area contributed by atoms with E-state index in [2.05, 4.69) is 9.46 Å². The fourth-order valence-corrected chi connectivity index (χ4v) is 2.49. The number of aliphatic hydroxyl groups is 1. The molecule has 0 aromatic heterocycles. The number of sulfonamides is 1. The summed E-state index contributed by atoms with van der Waals surface area (Å²) in [6.07, 6.45) is -1.02. The van der Waals surface area contributed by atoms with Gasteiger partial charge in [0, 0.05) is 13.7 Å². The van der Waals surface area contributed by atoms with E-state index >= 15 is 0 Å². The molecule has 1 aromatic rings. The lowest BCUT2D eigenvalue weighted by atomic mass is 10.2. The van der Waals surface area contributed by atoms with E-state index in [0.717, 1.165) is 18.2 Å². The van der Waals surface area contributed by atoms with Crippen molar-refractivity contribution in [2.45, 2.75) is 11.0 Å². The number of phenols is 1. The van der Waals surface area contributed by atoms with E-state index in [1.807, 2.05) is 0 Å². The van der Waals surface area contributed by atoms with Crippen LogP contribution in [0.15, 0.2) is 23.1 Å². The Hall–Kier alpha value is -1.68. The summed E-state index contributed by atoms with van der Waals surface area (Å²) in [6, 6.07) is 2.87. The molecule has 0 saturated carbocycles. The van der Waals surface area contributed by atoms with Gasteiger partial charge in [-0.15, -0.1) is 0 Å². The smallest absolute Gasteiger partial charge is 0.339 e. The number of nitrogens with one attached hydrogen (secondary N) is 1. The largest absolute Gasteiger partial charge is 0.507 e. The number of methoxy groups -OCH3 is 1. The van der Waals surface area contributed by atoms with E-state index < -0.39 is 33.4 Å². The summed E-state index contributed by atoms with van der Waals surface area (Å²) < 4.78 is 30.5. The average molecular weight is 305 g/mol. The number of carboxylic acids is 1. The third kappa shape index (κ3) is 4.17. The third-order valence-electron chi connectivity index (χ3n) is 2.38. The predicted octanol–water partition coefficient (Wildman–Crippen LogP) is -0.624. The molecular weight excluding hydrogens is 290 g/mol. The summed E-state index contributed by atoms with van der Waals surface area (Å²) in [4.78, 5) is 10.5.